The van der Waals surface area contributed by atoms with Crippen molar-refractivity contribution in [2.45, 2.75) is 50.4 Å². The number of hydrogen-bond donors (Lipinski definition) is 9. The molecule has 14 nitrogen and oxygen atoms in total. The molecule has 0 fully saturated rings. The van der Waals surface area contributed by atoms with E-state index >= 15 is 0 Å². The fraction of sp³-hybridized carbons (Fsp3) is 0.625. The first kappa shape index (κ1) is 27.9. The molecule has 0 spiro atoms. The standard InChI is InChI=1S/C16H30N8O6S/c1-7(17)12(26)23-9(5-11(18)25)13(27)24-10(6-31)14(28)22-8(15(29)30)3-2-4-21-16(19)20/h7-10,31H,2-6,17H2,1H3,(H2,18,25)(H,22,28)(H,23,26)(H,24,27)(H,29,30)(H4,19,20,21). The van der Waals surface area contributed by atoms with E-state index in [1.807, 2.05) is 0 Å². The van der Waals surface area contributed by atoms with Crippen LogP contribution in [0.3, 0.4) is 0 Å². The first-order chi connectivity index (χ1) is 14.4. The predicted molar refractivity (Wildman–Crippen MR) is 115 cm³/mol. The molecule has 31 heavy (non-hydrogen) atoms. The molecule has 4 atom stereocenters. The molecule has 176 valence electrons. The highest BCUT2D eigenvalue weighted by Gasteiger charge is 2.30. The van der Waals surface area contributed by atoms with Gasteiger partial charge in [-0.3, -0.25) is 24.2 Å². The second kappa shape index (κ2) is 14.0. The minimum absolute atomic E-state index is 0.0276. The van der Waals surface area contributed by atoms with Crippen LogP contribution in [0, 0.1) is 0 Å². The highest BCUT2D eigenvalue weighted by Crippen LogP contribution is 2.02. The molecule has 0 rings (SSSR count). The van der Waals surface area contributed by atoms with Crippen LogP contribution in [0.1, 0.15) is 26.2 Å². The quantitative estimate of drug-likeness (QED) is 0.0523. The zero-order chi connectivity index (χ0) is 24.1. The van der Waals surface area contributed by atoms with Gasteiger partial charge in [-0.05, 0) is 19.8 Å². The third-order valence-corrected chi connectivity index (χ3v) is 4.19. The predicted octanol–water partition coefficient (Wildman–Crippen LogP) is -4.27. The summed E-state index contributed by atoms with van der Waals surface area (Å²) in [5, 5.41) is 16.1. The minimum Gasteiger partial charge on any atom is -0.480 e. The Morgan fingerprint density at radius 2 is 1.45 bits per heavy atom. The molecule has 15 heteroatoms. The smallest absolute Gasteiger partial charge is 0.326 e. The number of carbonyl (C=O) groups is 5. The molecule has 0 aromatic carbocycles. The van der Waals surface area contributed by atoms with Crippen molar-refractivity contribution in [1.29, 1.82) is 0 Å². The van der Waals surface area contributed by atoms with Crippen molar-refractivity contribution >= 4 is 48.2 Å². The number of carboxylic acids is 1. The average Bonchev–Trinajstić information content (AvgIpc) is 2.66. The molecular formula is C16H30N8O6S. The summed E-state index contributed by atoms with van der Waals surface area (Å²) in [5.74, 6) is -4.92. The van der Waals surface area contributed by atoms with E-state index in [0.29, 0.717) is 0 Å². The van der Waals surface area contributed by atoms with Crippen molar-refractivity contribution in [3.63, 3.8) is 0 Å². The Morgan fingerprint density at radius 3 is 1.90 bits per heavy atom. The molecule has 0 aliphatic rings. The number of amides is 4. The summed E-state index contributed by atoms with van der Waals surface area (Å²) in [6.07, 6.45) is -0.232. The Kier molecular flexibility index (Phi) is 12.6. The van der Waals surface area contributed by atoms with Crippen molar-refractivity contribution in [3.8, 4) is 0 Å². The van der Waals surface area contributed by atoms with Gasteiger partial charge < -0.3 is 44.0 Å². The zero-order valence-electron chi connectivity index (χ0n) is 17.0. The van der Waals surface area contributed by atoms with Gasteiger partial charge in [-0.2, -0.15) is 12.6 Å². The topological polar surface area (TPSA) is 258 Å². The van der Waals surface area contributed by atoms with Crippen LogP contribution in [0.25, 0.3) is 0 Å². The van der Waals surface area contributed by atoms with Crippen molar-refractivity contribution in [2.24, 2.45) is 27.9 Å². The van der Waals surface area contributed by atoms with Gasteiger partial charge in [0.15, 0.2) is 5.96 Å². The van der Waals surface area contributed by atoms with E-state index < -0.39 is 60.2 Å². The molecule has 0 aliphatic heterocycles. The Morgan fingerprint density at radius 1 is 0.935 bits per heavy atom. The maximum Gasteiger partial charge on any atom is 0.326 e. The number of carbonyl (C=O) groups excluding carboxylic acids is 4. The SMILES string of the molecule is CC(N)C(=O)NC(CC(N)=O)C(=O)NC(CS)C(=O)NC(CCCN=C(N)N)C(=O)O. The largest absolute Gasteiger partial charge is 0.480 e. The zero-order valence-corrected chi connectivity index (χ0v) is 17.9. The van der Waals surface area contributed by atoms with Crippen LogP contribution in [-0.4, -0.2) is 77.1 Å². The van der Waals surface area contributed by atoms with Gasteiger partial charge in [0.2, 0.25) is 23.6 Å². The molecule has 0 saturated heterocycles. The number of primary amides is 1. The summed E-state index contributed by atoms with van der Waals surface area (Å²) in [7, 11) is 0. The van der Waals surface area contributed by atoms with E-state index in [1.165, 1.54) is 6.92 Å². The summed E-state index contributed by atoms with van der Waals surface area (Å²) in [6, 6.07) is -4.85. The Hall–Kier alpha value is -3.07. The normalized spacial score (nSPS) is 14.3. The molecule has 0 aliphatic carbocycles. The number of aliphatic imine (C=N–C) groups is 1. The summed E-state index contributed by atoms with van der Waals surface area (Å²) in [6.45, 7) is 1.54. The summed E-state index contributed by atoms with van der Waals surface area (Å²) in [5.41, 5.74) is 20.9. The number of rotatable bonds is 14. The number of thiol groups is 1. The highest BCUT2D eigenvalue weighted by molar-refractivity contribution is 7.80. The molecule has 0 aromatic heterocycles. The molecule has 4 amide bonds. The highest BCUT2D eigenvalue weighted by atomic mass is 32.1. The van der Waals surface area contributed by atoms with Crippen molar-refractivity contribution in [1.82, 2.24) is 16.0 Å². The lowest BCUT2D eigenvalue weighted by atomic mass is 10.1. The van der Waals surface area contributed by atoms with Gasteiger partial charge in [-0.15, -0.1) is 0 Å². The number of guanidine groups is 1. The van der Waals surface area contributed by atoms with Crippen LogP contribution in [0.5, 0.6) is 0 Å². The lowest BCUT2D eigenvalue weighted by Crippen LogP contribution is -2.58. The third-order valence-electron chi connectivity index (χ3n) is 3.83. The lowest BCUT2D eigenvalue weighted by molar-refractivity contribution is -0.142. The van der Waals surface area contributed by atoms with E-state index in [0.717, 1.165) is 0 Å². The second-order valence-electron chi connectivity index (χ2n) is 6.61. The van der Waals surface area contributed by atoms with Gasteiger partial charge >= 0.3 is 5.97 Å². The fourth-order valence-corrected chi connectivity index (χ4v) is 2.47. The van der Waals surface area contributed by atoms with E-state index in [9.17, 15) is 29.1 Å². The summed E-state index contributed by atoms with van der Waals surface area (Å²) in [4.78, 5) is 63.0. The monoisotopic (exact) mass is 462 g/mol. The van der Waals surface area contributed by atoms with Gasteiger partial charge in [-0.25, -0.2) is 4.79 Å². The molecule has 12 N–H and O–H groups in total. The van der Waals surface area contributed by atoms with Gasteiger partial charge in [0.05, 0.1) is 12.5 Å². The Balaban J connectivity index is 5.11. The number of carboxylic acid groups (broad SMARTS) is 1. The minimum atomic E-state index is -1.37. The van der Waals surface area contributed by atoms with E-state index in [2.05, 4.69) is 33.6 Å². The second-order valence-corrected chi connectivity index (χ2v) is 6.98. The summed E-state index contributed by atoms with van der Waals surface area (Å²) < 4.78 is 0. The number of aliphatic carboxylic acids is 1. The molecule has 0 aromatic rings. The van der Waals surface area contributed by atoms with Crippen LogP contribution in [0.2, 0.25) is 0 Å². The molecule has 0 heterocycles. The van der Waals surface area contributed by atoms with Gasteiger partial charge in [0.25, 0.3) is 0 Å². The van der Waals surface area contributed by atoms with Crippen LogP contribution in [-0.2, 0) is 24.0 Å². The van der Waals surface area contributed by atoms with E-state index in [1.54, 1.807) is 0 Å². The Bertz CT molecular complexity index is 698. The number of nitrogens with one attached hydrogen (secondary N) is 3. The Labute approximate surface area is 184 Å². The van der Waals surface area contributed by atoms with Gasteiger partial charge in [0.1, 0.15) is 18.1 Å². The molecule has 4 unspecified atom stereocenters. The van der Waals surface area contributed by atoms with Crippen LogP contribution in [0.15, 0.2) is 4.99 Å². The van der Waals surface area contributed by atoms with Crippen LogP contribution in [0.4, 0.5) is 0 Å². The number of nitrogens with two attached hydrogens (primary N) is 4. The molecule has 0 bridgehead atoms. The maximum atomic E-state index is 12.5. The van der Waals surface area contributed by atoms with E-state index in [-0.39, 0.29) is 31.1 Å². The maximum absolute atomic E-state index is 12.5. The molecule has 0 radical (unpaired) electrons. The third kappa shape index (κ3) is 11.6. The summed E-state index contributed by atoms with van der Waals surface area (Å²) >= 11 is 3.99. The lowest BCUT2D eigenvalue weighted by Gasteiger charge is -2.23. The first-order valence-electron chi connectivity index (χ1n) is 9.23. The fourth-order valence-electron chi connectivity index (χ4n) is 2.21. The van der Waals surface area contributed by atoms with Crippen LogP contribution >= 0.6 is 12.6 Å². The average molecular weight is 463 g/mol. The molecule has 0 saturated carbocycles. The number of nitrogens with zero attached hydrogens (tertiary/aromatic N) is 1. The molecular weight excluding hydrogens is 432 g/mol. The number of hydrogen-bond acceptors (Lipinski definition) is 8. The van der Waals surface area contributed by atoms with Crippen molar-refractivity contribution in [2.75, 3.05) is 12.3 Å². The van der Waals surface area contributed by atoms with Crippen molar-refractivity contribution in [3.05, 3.63) is 0 Å². The van der Waals surface area contributed by atoms with Crippen LogP contribution < -0.4 is 38.9 Å². The van der Waals surface area contributed by atoms with Gasteiger partial charge in [-0.1, -0.05) is 0 Å². The van der Waals surface area contributed by atoms with E-state index in [4.69, 9.17) is 22.9 Å². The first-order valence-corrected chi connectivity index (χ1v) is 9.86. The van der Waals surface area contributed by atoms with Gasteiger partial charge in [0, 0.05) is 12.3 Å². The van der Waals surface area contributed by atoms with Crippen molar-refractivity contribution < 1.29 is 29.1 Å².